The maximum atomic E-state index is 5.60. The molecule has 0 aromatic carbocycles. The van der Waals surface area contributed by atoms with Gasteiger partial charge in [0.2, 0.25) is 0 Å². The summed E-state index contributed by atoms with van der Waals surface area (Å²) in [6.45, 7) is 5.41. The van der Waals surface area contributed by atoms with E-state index < -0.39 is 0 Å². The number of unbranched alkanes of at least 4 members (excludes halogenated alkanes) is 8. The zero-order valence-electron chi connectivity index (χ0n) is 11.8. The van der Waals surface area contributed by atoms with Crippen LogP contribution in [0, 0.1) is 5.92 Å². The number of hydrogen-bond donors (Lipinski definition) is 0. The standard InChI is InChI=1S/C16H30O/c1-3-4-5-6-7-8-9-10-11-12-16-13-15(2)14-17-16/h13,15H,3-12,14H2,1-2H3. The first-order valence-electron chi connectivity index (χ1n) is 7.66. The van der Waals surface area contributed by atoms with Crippen LogP contribution in [-0.4, -0.2) is 6.61 Å². The van der Waals surface area contributed by atoms with Crippen LogP contribution in [0.1, 0.15) is 78.1 Å². The molecule has 1 rings (SSSR count). The van der Waals surface area contributed by atoms with Crippen molar-refractivity contribution < 1.29 is 4.74 Å². The Morgan fingerprint density at radius 3 is 2.12 bits per heavy atom. The average Bonchev–Trinajstić information content (AvgIpc) is 2.73. The average molecular weight is 238 g/mol. The van der Waals surface area contributed by atoms with Crippen LogP contribution in [0.15, 0.2) is 11.8 Å². The molecular weight excluding hydrogens is 208 g/mol. The predicted molar refractivity (Wildman–Crippen MR) is 75.0 cm³/mol. The first kappa shape index (κ1) is 14.6. The van der Waals surface area contributed by atoms with E-state index in [0.717, 1.165) is 6.61 Å². The summed E-state index contributed by atoms with van der Waals surface area (Å²) in [7, 11) is 0. The van der Waals surface area contributed by atoms with E-state index in [2.05, 4.69) is 19.9 Å². The summed E-state index contributed by atoms with van der Waals surface area (Å²) in [6, 6.07) is 0. The summed E-state index contributed by atoms with van der Waals surface area (Å²) in [5.74, 6) is 1.89. The summed E-state index contributed by atoms with van der Waals surface area (Å²) < 4.78 is 5.60. The lowest BCUT2D eigenvalue weighted by atomic mass is 10.1. The van der Waals surface area contributed by atoms with Crippen molar-refractivity contribution in [2.24, 2.45) is 5.92 Å². The normalized spacial score (nSPS) is 19.2. The zero-order chi connectivity index (χ0) is 12.3. The second kappa shape index (κ2) is 9.56. The van der Waals surface area contributed by atoms with Crippen LogP contribution in [0.2, 0.25) is 0 Å². The molecule has 1 aliphatic rings. The molecule has 0 bridgehead atoms. The van der Waals surface area contributed by atoms with Gasteiger partial charge >= 0.3 is 0 Å². The molecule has 0 radical (unpaired) electrons. The summed E-state index contributed by atoms with van der Waals surface area (Å²) >= 11 is 0. The van der Waals surface area contributed by atoms with E-state index in [-0.39, 0.29) is 0 Å². The SMILES string of the molecule is CCCCCCCCCCCC1=CC(C)CO1. The minimum atomic E-state index is 0.642. The van der Waals surface area contributed by atoms with Crippen molar-refractivity contribution in [2.45, 2.75) is 78.1 Å². The molecule has 1 unspecified atom stereocenters. The van der Waals surface area contributed by atoms with Crippen LogP contribution in [0.25, 0.3) is 0 Å². The Morgan fingerprint density at radius 1 is 1.00 bits per heavy atom. The van der Waals surface area contributed by atoms with Gasteiger partial charge < -0.3 is 4.74 Å². The van der Waals surface area contributed by atoms with E-state index in [1.807, 2.05) is 0 Å². The van der Waals surface area contributed by atoms with Crippen molar-refractivity contribution in [1.29, 1.82) is 0 Å². The van der Waals surface area contributed by atoms with Crippen LogP contribution in [0.4, 0.5) is 0 Å². The van der Waals surface area contributed by atoms with Crippen LogP contribution < -0.4 is 0 Å². The molecule has 0 N–H and O–H groups in total. The Kier molecular flexibility index (Phi) is 8.21. The lowest BCUT2D eigenvalue weighted by molar-refractivity contribution is 0.212. The molecule has 0 aromatic heterocycles. The van der Waals surface area contributed by atoms with Gasteiger partial charge in [-0.1, -0.05) is 65.2 Å². The topological polar surface area (TPSA) is 9.23 Å². The van der Waals surface area contributed by atoms with E-state index in [4.69, 9.17) is 4.74 Å². The van der Waals surface area contributed by atoms with E-state index in [1.165, 1.54) is 70.0 Å². The lowest BCUT2D eigenvalue weighted by Gasteiger charge is -2.04. The molecule has 17 heavy (non-hydrogen) atoms. The molecular formula is C16H30O. The van der Waals surface area contributed by atoms with Gasteiger partial charge in [-0.05, 0) is 12.5 Å². The molecule has 1 nitrogen and oxygen atoms in total. The first-order chi connectivity index (χ1) is 8.33. The van der Waals surface area contributed by atoms with Crippen LogP contribution >= 0.6 is 0 Å². The summed E-state index contributed by atoms with van der Waals surface area (Å²) in [5, 5.41) is 0. The van der Waals surface area contributed by atoms with E-state index in [9.17, 15) is 0 Å². The fourth-order valence-electron chi connectivity index (χ4n) is 2.42. The Labute approximate surface area is 108 Å². The second-order valence-electron chi connectivity index (χ2n) is 5.50. The monoisotopic (exact) mass is 238 g/mol. The van der Waals surface area contributed by atoms with E-state index >= 15 is 0 Å². The molecule has 0 aliphatic carbocycles. The number of rotatable bonds is 10. The van der Waals surface area contributed by atoms with E-state index in [0.29, 0.717) is 5.92 Å². The van der Waals surface area contributed by atoms with Gasteiger partial charge in [0.05, 0.1) is 12.4 Å². The van der Waals surface area contributed by atoms with Gasteiger partial charge in [0.25, 0.3) is 0 Å². The Bertz CT molecular complexity index is 208. The summed E-state index contributed by atoms with van der Waals surface area (Å²) in [5.41, 5.74) is 0. The summed E-state index contributed by atoms with van der Waals surface area (Å²) in [6.07, 6.45) is 16.1. The van der Waals surface area contributed by atoms with Gasteiger partial charge in [0.1, 0.15) is 0 Å². The largest absolute Gasteiger partial charge is 0.498 e. The quantitative estimate of drug-likeness (QED) is 0.459. The van der Waals surface area contributed by atoms with Crippen molar-refractivity contribution in [1.82, 2.24) is 0 Å². The third-order valence-corrected chi connectivity index (χ3v) is 3.53. The van der Waals surface area contributed by atoms with Crippen molar-refractivity contribution in [2.75, 3.05) is 6.61 Å². The van der Waals surface area contributed by atoms with Crippen molar-refractivity contribution in [3.63, 3.8) is 0 Å². The van der Waals surface area contributed by atoms with Crippen LogP contribution in [0.5, 0.6) is 0 Å². The second-order valence-corrected chi connectivity index (χ2v) is 5.50. The molecule has 0 saturated heterocycles. The fourth-order valence-corrected chi connectivity index (χ4v) is 2.42. The zero-order valence-corrected chi connectivity index (χ0v) is 11.8. The Hall–Kier alpha value is -0.460. The molecule has 0 fully saturated rings. The molecule has 100 valence electrons. The van der Waals surface area contributed by atoms with Gasteiger partial charge in [-0.3, -0.25) is 0 Å². The van der Waals surface area contributed by atoms with Gasteiger partial charge in [-0.15, -0.1) is 0 Å². The molecule has 0 amide bonds. The molecule has 1 atom stereocenters. The van der Waals surface area contributed by atoms with Crippen molar-refractivity contribution >= 4 is 0 Å². The highest BCUT2D eigenvalue weighted by Crippen LogP contribution is 2.21. The molecule has 0 aromatic rings. The van der Waals surface area contributed by atoms with E-state index in [1.54, 1.807) is 0 Å². The molecule has 1 heterocycles. The summed E-state index contributed by atoms with van der Waals surface area (Å²) in [4.78, 5) is 0. The van der Waals surface area contributed by atoms with Gasteiger partial charge in [0.15, 0.2) is 0 Å². The predicted octanol–water partition coefficient (Wildman–Crippen LogP) is 5.46. The lowest BCUT2D eigenvalue weighted by Crippen LogP contribution is -1.91. The third kappa shape index (κ3) is 7.46. The molecule has 1 aliphatic heterocycles. The molecule has 0 spiro atoms. The maximum Gasteiger partial charge on any atom is 0.0938 e. The number of hydrogen-bond acceptors (Lipinski definition) is 1. The van der Waals surface area contributed by atoms with Crippen LogP contribution in [-0.2, 0) is 4.74 Å². The third-order valence-electron chi connectivity index (χ3n) is 3.53. The highest BCUT2D eigenvalue weighted by molar-refractivity contribution is 5.01. The first-order valence-corrected chi connectivity index (χ1v) is 7.66. The fraction of sp³-hybridized carbons (Fsp3) is 0.875. The van der Waals surface area contributed by atoms with Gasteiger partial charge in [-0.25, -0.2) is 0 Å². The number of ether oxygens (including phenoxy) is 1. The minimum Gasteiger partial charge on any atom is -0.498 e. The smallest absolute Gasteiger partial charge is 0.0938 e. The molecule has 1 heteroatoms. The Morgan fingerprint density at radius 2 is 1.59 bits per heavy atom. The minimum absolute atomic E-state index is 0.642. The number of allylic oxidation sites excluding steroid dienone is 1. The van der Waals surface area contributed by atoms with Gasteiger partial charge in [0, 0.05) is 12.3 Å². The van der Waals surface area contributed by atoms with Crippen molar-refractivity contribution in [3.8, 4) is 0 Å². The highest BCUT2D eigenvalue weighted by Gasteiger charge is 2.11. The van der Waals surface area contributed by atoms with Crippen molar-refractivity contribution in [3.05, 3.63) is 11.8 Å². The molecule has 0 saturated carbocycles. The van der Waals surface area contributed by atoms with Gasteiger partial charge in [-0.2, -0.15) is 0 Å². The highest BCUT2D eigenvalue weighted by atomic mass is 16.5. The van der Waals surface area contributed by atoms with Crippen LogP contribution in [0.3, 0.4) is 0 Å². The maximum absolute atomic E-state index is 5.60. The Balaban J connectivity index is 1.80.